The van der Waals surface area contributed by atoms with Crippen LogP contribution in [-0.2, 0) is 9.59 Å². The van der Waals surface area contributed by atoms with Crippen LogP contribution in [0.3, 0.4) is 0 Å². The lowest BCUT2D eigenvalue weighted by atomic mass is 9.88. The van der Waals surface area contributed by atoms with Crippen LogP contribution in [0.25, 0.3) is 0 Å². The highest BCUT2D eigenvalue weighted by Crippen LogP contribution is 2.27. The summed E-state index contributed by atoms with van der Waals surface area (Å²) in [5.74, 6) is -1.31. The molecular weight excluding hydrogens is 332 g/mol. The van der Waals surface area contributed by atoms with Gasteiger partial charge in [0.15, 0.2) is 0 Å². The van der Waals surface area contributed by atoms with Gasteiger partial charge in [0.25, 0.3) is 5.91 Å². The first-order chi connectivity index (χ1) is 12.5. The van der Waals surface area contributed by atoms with Gasteiger partial charge in [0.1, 0.15) is 0 Å². The van der Waals surface area contributed by atoms with Gasteiger partial charge < -0.3 is 15.7 Å². The number of carbonyl (C=O) groups excluding carboxylic acids is 2. The summed E-state index contributed by atoms with van der Waals surface area (Å²) in [5.41, 5.74) is 1.10. The Kier molecular flexibility index (Phi) is 5.91. The summed E-state index contributed by atoms with van der Waals surface area (Å²) < 4.78 is 0. The Morgan fingerprint density at radius 2 is 1.73 bits per heavy atom. The molecule has 3 N–H and O–H groups in total. The highest BCUT2D eigenvalue weighted by Gasteiger charge is 2.30. The van der Waals surface area contributed by atoms with E-state index in [0.717, 1.165) is 25.7 Å². The van der Waals surface area contributed by atoms with Gasteiger partial charge in [0, 0.05) is 23.2 Å². The van der Waals surface area contributed by atoms with E-state index in [0.29, 0.717) is 30.5 Å². The van der Waals surface area contributed by atoms with E-state index in [2.05, 4.69) is 10.6 Å². The number of hydrogen-bond donors (Lipinski definition) is 3. The zero-order chi connectivity index (χ0) is 18.5. The second-order valence-electron chi connectivity index (χ2n) is 7.42. The highest BCUT2D eigenvalue weighted by molar-refractivity contribution is 5.97. The highest BCUT2D eigenvalue weighted by atomic mass is 16.4. The molecule has 0 aromatic heterocycles. The van der Waals surface area contributed by atoms with Crippen LogP contribution >= 0.6 is 0 Å². The molecule has 3 rings (SSSR count). The maximum Gasteiger partial charge on any atom is 0.306 e. The van der Waals surface area contributed by atoms with Crippen molar-refractivity contribution in [1.29, 1.82) is 0 Å². The van der Waals surface area contributed by atoms with Gasteiger partial charge in [-0.25, -0.2) is 0 Å². The summed E-state index contributed by atoms with van der Waals surface area (Å²) in [7, 11) is 0. The zero-order valence-corrected chi connectivity index (χ0v) is 14.9. The number of aliphatic carboxylic acids is 1. The Hall–Kier alpha value is -2.37. The van der Waals surface area contributed by atoms with E-state index in [4.69, 9.17) is 5.11 Å². The maximum atomic E-state index is 12.4. The summed E-state index contributed by atoms with van der Waals surface area (Å²) in [5, 5.41) is 14.9. The number of nitrogens with one attached hydrogen (secondary N) is 2. The van der Waals surface area contributed by atoms with Crippen molar-refractivity contribution in [3.05, 3.63) is 29.8 Å². The van der Waals surface area contributed by atoms with Crippen molar-refractivity contribution in [3.8, 4) is 0 Å². The lowest BCUT2D eigenvalue weighted by Crippen LogP contribution is -2.33. The molecule has 2 saturated carbocycles. The fourth-order valence-corrected chi connectivity index (χ4v) is 3.95. The molecule has 26 heavy (non-hydrogen) atoms. The van der Waals surface area contributed by atoms with Crippen LogP contribution in [0.5, 0.6) is 0 Å². The predicted molar refractivity (Wildman–Crippen MR) is 97.9 cm³/mol. The molecule has 2 atom stereocenters. The van der Waals surface area contributed by atoms with Gasteiger partial charge in [-0.15, -0.1) is 0 Å². The first-order valence-electron chi connectivity index (χ1n) is 9.47. The fraction of sp³-hybridized carbons (Fsp3) is 0.550. The molecule has 0 spiro atoms. The van der Waals surface area contributed by atoms with E-state index in [1.165, 1.54) is 6.42 Å². The minimum atomic E-state index is -0.797. The number of carboxylic acids is 1. The molecule has 0 radical (unpaired) electrons. The normalized spacial score (nSPS) is 23.4. The minimum Gasteiger partial charge on any atom is -0.481 e. The SMILES string of the molecule is O=C(N[C@H]1CC[C@@H](C(=O)O)C1)c1cccc(NC(=O)C2CCCCC2)c1. The van der Waals surface area contributed by atoms with Crippen molar-refractivity contribution < 1.29 is 19.5 Å². The number of carboxylic acid groups (broad SMARTS) is 1. The third-order valence-electron chi connectivity index (χ3n) is 5.49. The molecule has 0 unspecified atom stereocenters. The second-order valence-corrected chi connectivity index (χ2v) is 7.42. The van der Waals surface area contributed by atoms with Crippen molar-refractivity contribution in [2.75, 3.05) is 5.32 Å². The number of hydrogen-bond acceptors (Lipinski definition) is 3. The van der Waals surface area contributed by atoms with E-state index >= 15 is 0 Å². The summed E-state index contributed by atoms with van der Waals surface area (Å²) >= 11 is 0. The lowest BCUT2D eigenvalue weighted by Gasteiger charge is -2.21. The topological polar surface area (TPSA) is 95.5 Å². The van der Waals surface area contributed by atoms with Crippen molar-refractivity contribution in [1.82, 2.24) is 5.32 Å². The standard InChI is InChI=1S/C20H26N2O4/c23-18(13-5-2-1-3-6-13)21-16-8-4-7-14(11-16)19(24)22-17-10-9-15(12-17)20(25)26/h4,7-8,11,13,15,17H,1-3,5-6,9-10,12H2,(H,21,23)(H,22,24)(H,25,26)/t15-,17+/m1/s1. The van der Waals surface area contributed by atoms with Gasteiger partial charge >= 0.3 is 5.97 Å². The Morgan fingerprint density at radius 1 is 0.962 bits per heavy atom. The van der Waals surface area contributed by atoms with E-state index in [1.54, 1.807) is 24.3 Å². The van der Waals surface area contributed by atoms with Gasteiger partial charge in [-0.05, 0) is 50.3 Å². The first kappa shape index (κ1) is 18.4. The molecule has 1 aromatic carbocycles. The van der Waals surface area contributed by atoms with Crippen molar-refractivity contribution in [3.63, 3.8) is 0 Å². The lowest BCUT2D eigenvalue weighted by molar-refractivity contribution is -0.141. The molecule has 0 saturated heterocycles. The quantitative estimate of drug-likeness (QED) is 0.753. The number of amides is 2. The van der Waals surface area contributed by atoms with E-state index in [-0.39, 0.29) is 29.7 Å². The molecule has 1 aromatic rings. The molecule has 0 aliphatic heterocycles. The van der Waals surface area contributed by atoms with Crippen molar-refractivity contribution in [2.24, 2.45) is 11.8 Å². The third kappa shape index (κ3) is 4.62. The van der Waals surface area contributed by atoms with E-state index in [9.17, 15) is 14.4 Å². The summed E-state index contributed by atoms with van der Waals surface area (Å²) in [4.78, 5) is 35.8. The number of benzene rings is 1. The Bertz CT molecular complexity index is 682. The molecule has 0 heterocycles. The molecule has 6 heteroatoms. The average molecular weight is 358 g/mol. The van der Waals surface area contributed by atoms with E-state index < -0.39 is 5.97 Å². The third-order valence-corrected chi connectivity index (χ3v) is 5.49. The second kappa shape index (κ2) is 8.34. The molecule has 2 aliphatic rings. The summed E-state index contributed by atoms with van der Waals surface area (Å²) in [6.45, 7) is 0. The number of anilines is 1. The van der Waals surface area contributed by atoms with Gasteiger partial charge in [-0.1, -0.05) is 25.3 Å². The fourth-order valence-electron chi connectivity index (χ4n) is 3.95. The van der Waals surface area contributed by atoms with Crippen LogP contribution in [0, 0.1) is 11.8 Å². The molecular formula is C20H26N2O4. The first-order valence-corrected chi connectivity index (χ1v) is 9.47. The largest absolute Gasteiger partial charge is 0.481 e. The summed E-state index contributed by atoms with van der Waals surface area (Å²) in [6, 6.07) is 6.81. The van der Waals surface area contributed by atoms with Gasteiger partial charge in [0.2, 0.25) is 5.91 Å². The predicted octanol–water partition coefficient (Wildman–Crippen LogP) is 3.19. The smallest absolute Gasteiger partial charge is 0.306 e. The van der Waals surface area contributed by atoms with Gasteiger partial charge in [-0.3, -0.25) is 14.4 Å². The molecule has 2 aliphatic carbocycles. The molecule has 0 bridgehead atoms. The Morgan fingerprint density at radius 3 is 2.42 bits per heavy atom. The van der Waals surface area contributed by atoms with Crippen LogP contribution in [0.1, 0.15) is 61.7 Å². The van der Waals surface area contributed by atoms with E-state index in [1.807, 2.05) is 0 Å². The van der Waals surface area contributed by atoms with Crippen LogP contribution in [0.2, 0.25) is 0 Å². The molecule has 140 valence electrons. The van der Waals surface area contributed by atoms with Crippen LogP contribution in [0.15, 0.2) is 24.3 Å². The molecule has 2 amide bonds. The van der Waals surface area contributed by atoms with Crippen LogP contribution in [-0.4, -0.2) is 28.9 Å². The summed E-state index contributed by atoms with van der Waals surface area (Å²) in [6.07, 6.45) is 7.00. The minimum absolute atomic E-state index is 0.0300. The monoisotopic (exact) mass is 358 g/mol. The van der Waals surface area contributed by atoms with Gasteiger partial charge in [0.05, 0.1) is 5.92 Å². The Balaban J connectivity index is 1.57. The van der Waals surface area contributed by atoms with Crippen molar-refractivity contribution >= 4 is 23.5 Å². The van der Waals surface area contributed by atoms with Crippen LogP contribution < -0.4 is 10.6 Å². The Labute approximate surface area is 153 Å². The van der Waals surface area contributed by atoms with Gasteiger partial charge in [-0.2, -0.15) is 0 Å². The maximum absolute atomic E-state index is 12.4. The number of rotatable bonds is 5. The molecule has 2 fully saturated rings. The van der Waals surface area contributed by atoms with Crippen molar-refractivity contribution in [2.45, 2.75) is 57.4 Å². The average Bonchev–Trinajstić information content (AvgIpc) is 3.11. The molecule has 6 nitrogen and oxygen atoms in total. The number of carbonyl (C=O) groups is 3. The van der Waals surface area contributed by atoms with Crippen LogP contribution in [0.4, 0.5) is 5.69 Å². The zero-order valence-electron chi connectivity index (χ0n) is 14.9.